The number of amidine groups is 1. The number of hydrogen-bond acceptors (Lipinski definition) is 5. The van der Waals surface area contributed by atoms with Crippen LogP contribution in [0.15, 0.2) is 0 Å². The zero-order valence-electron chi connectivity index (χ0n) is 10.3. The Morgan fingerprint density at radius 3 is 2.17 bits per heavy atom. The molecule has 0 saturated heterocycles. The van der Waals surface area contributed by atoms with Crippen LogP contribution in [0.4, 0.5) is 0 Å². The molecule has 1 rings (SSSR count). The number of sulfonamides is 1. The largest absolute Gasteiger partial charge is 0.387 e. The normalized spacial score (nSPS) is 18.3. The lowest BCUT2D eigenvalue weighted by molar-refractivity contribution is 0.355. The van der Waals surface area contributed by atoms with Crippen LogP contribution in [0.1, 0.15) is 25.7 Å². The van der Waals surface area contributed by atoms with E-state index in [4.69, 9.17) is 11.1 Å². The first-order chi connectivity index (χ1) is 8.12. The van der Waals surface area contributed by atoms with E-state index < -0.39 is 24.9 Å². The molecular formula is C9H19N3O4S2. The zero-order valence-corrected chi connectivity index (χ0v) is 11.9. The van der Waals surface area contributed by atoms with Crippen molar-refractivity contribution in [3.63, 3.8) is 0 Å². The van der Waals surface area contributed by atoms with Crippen LogP contribution < -0.4 is 5.73 Å². The van der Waals surface area contributed by atoms with Crippen LogP contribution in [0.5, 0.6) is 0 Å². The lowest BCUT2D eigenvalue weighted by Crippen LogP contribution is -2.45. The predicted molar refractivity (Wildman–Crippen MR) is 69.5 cm³/mol. The SMILES string of the molecule is CS(=O)(=O)CS(=O)(=O)N(CC(=N)N)C1CCCC1. The topological polar surface area (TPSA) is 121 Å². The highest BCUT2D eigenvalue weighted by molar-refractivity contribution is 8.06. The summed E-state index contributed by atoms with van der Waals surface area (Å²) < 4.78 is 47.5. The van der Waals surface area contributed by atoms with Gasteiger partial charge < -0.3 is 5.73 Å². The van der Waals surface area contributed by atoms with Crippen LogP contribution in [0.25, 0.3) is 0 Å². The van der Waals surface area contributed by atoms with Gasteiger partial charge >= 0.3 is 0 Å². The Morgan fingerprint density at radius 2 is 1.78 bits per heavy atom. The summed E-state index contributed by atoms with van der Waals surface area (Å²) in [6.45, 7) is -0.234. The van der Waals surface area contributed by atoms with E-state index in [0.29, 0.717) is 12.8 Å². The average Bonchev–Trinajstić information content (AvgIpc) is 2.61. The van der Waals surface area contributed by atoms with E-state index in [2.05, 4.69) is 0 Å². The van der Waals surface area contributed by atoms with Crippen molar-refractivity contribution in [2.75, 3.05) is 17.9 Å². The zero-order chi connectivity index (χ0) is 14.0. The average molecular weight is 297 g/mol. The van der Waals surface area contributed by atoms with E-state index in [1.807, 2.05) is 0 Å². The molecule has 0 aromatic rings. The molecule has 0 amide bonds. The number of hydrogen-bond donors (Lipinski definition) is 2. The molecule has 0 aliphatic heterocycles. The Morgan fingerprint density at radius 1 is 1.28 bits per heavy atom. The first-order valence-corrected chi connectivity index (χ1v) is 9.29. The van der Waals surface area contributed by atoms with Crippen molar-refractivity contribution >= 4 is 25.7 Å². The van der Waals surface area contributed by atoms with Crippen molar-refractivity contribution in [2.24, 2.45) is 5.73 Å². The number of nitrogens with two attached hydrogens (primary N) is 1. The summed E-state index contributed by atoms with van der Waals surface area (Å²) in [7, 11) is -7.57. The molecule has 0 aromatic carbocycles. The standard InChI is InChI=1S/C9H19N3O4S2/c1-17(13,14)7-18(15,16)12(6-9(10)11)8-4-2-3-5-8/h8H,2-7H2,1H3,(H3,10,11). The lowest BCUT2D eigenvalue weighted by Gasteiger charge is -2.27. The van der Waals surface area contributed by atoms with Gasteiger partial charge in [0.25, 0.3) is 0 Å². The Labute approximate surface area is 108 Å². The summed E-state index contributed by atoms with van der Waals surface area (Å²) in [6.07, 6.45) is 4.08. The second kappa shape index (κ2) is 5.54. The van der Waals surface area contributed by atoms with Crippen molar-refractivity contribution in [2.45, 2.75) is 31.7 Å². The predicted octanol–water partition coefficient (Wildman–Crippen LogP) is -0.501. The minimum absolute atomic E-state index is 0.234. The van der Waals surface area contributed by atoms with E-state index in [0.717, 1.165) is 23.4 Å². The van der Waals surface area contributed by atoms with Crippen LogP contribution in [0.3, 0.4) is 0 Å². The highest BCUT2D eigenvalue weighted by atomic mass is 32.3. The van der Waals surface area contributed by atoms with Crippen LogP contribution in [0.2, 0.25) is 0 Å². The molecule has 3 N–H and O–H groups in total. The minimum Gasteiger partial charge on any atom is -0.387 e. The molecule has 1 fully saturated rings. The molecule has 0 bridgehead atoms. The molecule has 106 valence electrons. The second-order valence-corrected chi connectivity index (χ2v) is 9.09. The van der Waals surface area contributed by atoms with Gasteiger partial charge in [-0.2, -0.15) is 4.31 Å². The maximum Gasteiger partial charge on any atom is 0.229 e. The Balaban J connectivity index is 2.97. The van der Waals surface area contributed by atoms with E-state index in [9.17, 15) is 16.8 Å². The Bertz CT molecular complexity index is 506. The lowest BCUT2D eigenvalue weighted by atomic mass is 10.2. The van der Waals surface area contributed by atoms with Gasteiger partial charge in [0.05, 0.1) is 6.54 Å². The fourth-order valence-electron chi connectivity index (χ4n) is 2.15. The van der Waals surface area contributed by atoms with Crippen LogP contribution in [-0.4, -0.2) is 50.9 Å². The summed E-state index contributed by atoms with van der Waals surface area (Å²) in [5.74, 6) is -0.279. The molecule has 0 heterocycles. The molecule has 7 nitrogen and oxygen atoms in total. The van der Waals surface area contributed by atoms with Crippen molar-refractivity contribution in [3.05, 3.63) is 0 Å². The van der Waals surface area contributed by atoms with Gasteiger partial charge in [0.2, 0.25) is 10.0 Å². The summed E-state index contributed by atoms with van der Waals surface area (Å²) in [4.78, 5) is 0. The minimum atomic E-state index is -3.93. The van der Waals surface area contributed by atoms with Crippen molar-refractivity contribution in [1.82, 2.24) is 4.31 Å². The van der Waals surface area contributed by atoms with Gasteiger partial charge in [-0.1, -0.05) is 12.8 Å². The van der Waals surface area contributed by atoms with Crippen LogP contribution in [0, 0.1) is 5.41 Å². The number of rotatable bonds is 6. The molecule has 1 aliphatic carbocycles. The van der Waals surface area contributed by atoms with Crippen molar-refractivity contribution < 1.29 is 16.8 Å². The third-order valence-electron chi connectivity index (χ3n) is 2.78. The molecule has 18 heavy (non-hydrogen) atoms. The molecule has 0 unspecified atom stereocenters. The van der Waals surface area contributed by atoms with E-state index in [1.54, 1.807) is 0 Å². The molecule has 0 atom stereocenters. The quantitative estimate of drug-likeness (QED) is 0.505. The smallest absolute Gasteiger partial charge is 0.229 e. The van der Waals surface area contributed by atoms with Gasteiger partial charge in [-0.15, -0.1) is 0 Å². The van der Waals surface area contributed by atoms with E-state index in [1.165, 1.54) is 0 Å². The molecule has 0 aromatic heterocycles. The van der Waals surface area contributed by atoms with Gasteiger partial charge in [-0.05, 0) is 12.8 Å². The van der Waals surface area contributed by atoms with Gasteiger partial charge in [-0.3, -0.25) is 5.41 Å². The Kier molecular flexibility index (Phi) is 4.73. The number of nitrogens with one attached hydrogen (secondary N) is 1. The summed E-state index contributed by atoms with van der Waals surface area (Å²) in [5, 5.41) is 6.30. The fraction of sp³-hybridized carbons (Fsp3) is 0.889. The molecule has 1 aliphatic rings. The maximum absolute atomic E-state index is 12.1. The third kappa shape index (κ3) is 4.54. The van der Waals surface area contributed by atoms with Crippen molar-refractivity contribution in [1.29, 1.82) is 5.41 Å². The summed E-state index contributed by atoms with van der Waals surface area (Å²) >= 11 is 0. The highest BCUT2D eigenvalue weighted by Crippen LogP contribution is 2.26. The first-order valence-electron chi connectivity index (χ1n) is 5.62. The van der Waals surface area contributed by atoms with Crippen LogP contribution in [-0.2, 0) is 19.9 Å². The third-order valence-corrected chi connectivity index (χ3v) is 6.82. The summed E-state index contributed by atoms with van der Waals surface area (Å²) in [5.41, 5.74) is 5.25. The second-order valence-electron chi connectivity index (χ2n) is 4.66. The Hall–Kier alpha value is -0.670. The molecular weight excluding hydrogens is 278 g/mol. The van der Waals surface area contributed by atoms with Gasteiger partial charge in [-0.25, -0.2) is 16.8 Å². The van der Waals surface area contributed by atoms with Crippen molar-refractivity contribution in [3.8, 4) is 0 Å². The maximum atomic E-state index is 12.1. The first kappa shape index (κ1) is 15.4. The fourth-order valence-corrected chi connectivity index (χ4v) is 5.86. The van der Waals surface area contributed by atoms with Gasteiger partial charge in [0.15, 0.2) is 14.9 Å². The van der Waals surface area contributed by atoms with Gasteiger partial charge in [0.1, 0.15) is 5.84 Å². The number of nitrogens with zero attached hydrogens (tertiary/aromatic N) is 1. The molecule has 0 spiro atoms. The van der Waals surface area contributed by atoms with E-state index in [-0.39, 0.29) is 18.4 Å². The highest BCUT2D eigenvalue weighted by Gasteiger charge is 2.34. The monoisotopic (exact) mass is 297 g/mol. The molecule has 0 radical (unpaired) electrons. The van der Waals surface area contributed by atoms with E-state index >= 15 is 0 Å². The molecule has 1 saturated carbocycles. The molecule has 9 heteroatoms. The van der Waals surface area contributed by atoms with Crippen LogP contribution >= 0.6 is 0 Å². The van der Waals surface area contributed by atoms with Gasteiger partial charge in [0, 0.05) is 12.3 Å². The summed E-state index contributed by atoms with van der Waals surface area (Å²) in [6, 6.07) is -0.236. The number of sulfone groups is 1.